The number of aromatic nitrogens is 2. The third-order valence-electron chi connectivity index (χ3n) is 8.61. The lowest BCUT2D eigenvalue weighted by Crippen LogP contribution is -2.55. The van der Waals surface area contributed by atoms with E-state index >= 15 is 0 Å². The minimum atomic E-state index is -0.191. The Balaban J connectivity index is 1.19. The lowest BCUT2D eigenvalue weighted by atomic mass is 9.54. The van der Waals surface area contributed by atoms with Crippen LogP contribution in [0.5, 0.6) is 0 Å². The second kappa shape index (κ2) is 10.3. The topological polar surface area (TPSA) is 59.0 Å². The van der Waals surface area contributed by atoms with E-state index in [0.717, 1.165) is 47.0 Å². The number of carbonyl (C=O) groups excluding carboxylic acids is 1. The van der Waals surface area contributed by atoms with Crippen molar-refractivity contribution in [3.05, 3.63) is 68.8 Å². The smallest absolute Gasteiger partial charge is 0.272 e. The quantitative estimate of drug-likeness (QED) is 0.309. The van der Waals surface area contributed by atoms with Crippen LogP contribution in [0.1, 0.15) is 48.2 Å². The molecule has 0 atom stereocenters. The molecule has 7 rings (SSSR count). The molecule has 37 heavy (non-hydrogen) atoms. The average Bonchev–Trinajstić information content (AvgIpc) is 3.20. The van der Waals surface area contributed by atoms with Crippen molar-refractivity contribution in [2.75, 3.05) is 13.1 Å². The van der Waals surface area contributed by atoms with Crippen LogP contribution >= 0.6 is 34.8 Å². The molecule has 4 saturated carbocycles. The van der Waals surface area contributed by atoms with Crippen molar-refractivity contribution >= 4 is 40.7 Å². The maximum absolute atomic E-state index is 13.3. The molecule has 0 unspecified atom stereocenters. The molecule has 194 valence electrons. The molecule has 1 amide bonds. The number of rotatable bonds is 7. The SMILES string of the molecule is Cc1c(C(=O)NCCNC2[C@H]3C[C@@H]4C[C@@H](C[C@H]2C4)C3)nn(-c2ccc(Cl)cc2Cl)c1-c1ccc(Cl)cc1. The predicted molar refractivity (Wildman–Crippen MR) is 150 cm³/mol. The fourth-order valence-corrected chi connectivity index (χ4v) is 7.86. The summed E-state index contributed by atoms with van der Waals surface area (Å²) in [5.41, 5.74) is 3.49. The molecule has 0 saturated heterocycles. The molecule has 3 aromatic rings. The zero-order valence-electron chi connectivity index (χ0n) is 20.8. The van der Waals surface area contributed by atoms with E-state index in [-0.39, 0.29) is 5.91 Å². The van der Waals surface area contributed by atoms with Gasteiger partial charge in [-0.2, -0.15) is 5.10 Å². The van der Waals surface area contributed by atoms with Crippen molar-refractivity contribution in [2.45, 2.75) is 45.1 Å². The highest BCUT2D eigenvalue weighted by Gasteiger charge is 2.47. The van der Waals surface area contributed by atoms with Gasteiger partial charge in [0.05, 0.1) is 16.4 Å². The summed E-state index contributed by atoms with van der Waals surface area (Å²) in [6.45, 7) is 3.25. The molecule has 8 heteroatoms. The third-order valence-corrected chi connectivity index (χ3v) is 9.40. The molecule has 0 spiro atoms. The molecule has 0 radical (unpaired) electrons. The van der Waals surface area contributed by atoms with Crippen molar-refractivity contribution in [2.24, 2.45) is 23.7 Å². The van der Waals surface area contributed by atoms with Gasteiger partial charge in [-0.05, 0) is 93.0 Å². The second-order valence-corrected chi connectivity index (χ2v) is 12.3. The first-order chi connectivity index (χ1) is 17.9. The average molecular weight is 558 g/mol. The molecular weight excluding hydrogens is 527 g/mol. The number of halogens is 3. The summed E-state index contributed by atoms with van der Waals surface area (Å²) in [7, 11) is 0. The van der Waals surface area contributed by atoms with E-state index in [2.05, 4.69) is 10.6 Å². The summed E-state index contributed by atoms with van der Waals surface area (Å²) in [4.78, 5) is 13.3. The Morgan fingerprint density at radius 3 is 2.22 bits per heavy atom. The summed E-state index contributed by atoms with van der Waals surface area (Å²) < 4.78 is 1.72. The zero-order chi connectivity index (χ0) is 25.7. The Hall–Kier alpha value is -2.05. The van der Waals surface area contributed by atoms with Gasteiger partial charge in [0.25, 0.3) is 5.91 Å². The Morgan fingerprint density at radius 1 is 0.919 bits per heavy atom. The van der Waals surface area contributed by atoms with Crippen LogP contribution in [0.3, 0.4) is 0 Å². The molecule has 4 bridgehead atoms. The Bertz CT molecular complexity index is 1290. The summed E-state index contributed by atoms with van der Waals surface area (Å²) in [6.07, 6.45) is 6.99. The maximum Gasteiger partial charge on any atom is 0.272 e. The normalized spacial score (nSPS) is 26.0. The first-order valence-corrected chi connectivity index (χ1v) is 14.3. The van der Waals surface area contributed by atoms with Gasteiger partial charge in [-0.25, -0.2) is 4.68 Å². The fourth-order valence-electron chi connectivity index (χ4n) is 7.24. The standard InChI is InChI=1S/C29H31Cl3N4O/c1-16-26(29(37)34-9-8-33-27-20-11-17-10-18(13-20)14-21(27)12-17)35-36(25-7-6-23(31)15-24(25)32)28(16)19-2-4-22(30)5-3-19/h2-7,15,17-18,20-21,27,33H,8-14H2,1H3,(H,34,37)/t17-,18+,20-,21+,27?. The number of hydrogen-bond acceptors (Lipinski definition) is 3. The van der Waals surface area contributed by atoms with Crippen LogP contribution < -0.4 is 10.6 Å². The van der Waals surface area contributed by atoms with Gasteiger partial charge in [0.2, 0.25) is 0 Å². The molecule has 4 fully saturated rings. The Kier molecular flexibility index (Phi) is 7.00. The van der Waals surface area contributed by atoms with Crippen LogP contribution in [0.2, 0.25) is 15.1 Å². The number of amides is 1. The number of nitrogens with one attached hydrogen (secondary N) is 2. The van der Waals surface area contributed by atoms with Crippen molar-refractivity contribution in [1.82, 2.24) is 20.4 Å². The van der Waals surface area contributed by atoms with E-state index in [0.29, 0.717) is 39.0 Å². The van der Waals surface area contributed by atoms with Crippen LogP contribution in [0.25, 0.3) is 16.9 Å². The van der Waals surface area contributed by atoms with Crippen LogP contribution in [0, 0.1) is 30.6 Å². The Morgan fingerprint density at radius 2 is 1.57 bits per heavy atom. The van der Waals surface area contributed by atoms with Crippen LogP contribution in [-0.2, 0) is 0 Å². The van der Waals surface area contributed by atoms with E-state index in [9.17, 15) is 4.79 Å². The van der Waals surface area contributed by atoms with Crippen molar-refractivity contribution in [1.29, 1.82) is 0 Å². The first-order valence-electron chi connectivity index (χ1n) is 13.2. The number of benzene rings is 2. The van der Waals surface area contributed by atoms with E-state index in [1.54, 1.807) is 16.8 Å². The summed E-state index contributed by atoms with van der Waals surface area (Å²) >= 11 is 18.8. The molecule has 0 aliphatic heterocycles. The largest absolute Gasteiger partial charge is 0.349 e. The van der Waals surface area contributed by atoms with Crippen LogP contribution in [0.4, 0.5) is 0 Å². The summed E-state index contributed by atoms with van der Waals surface area (Å²) in [6, 6.07) is 13.4. The van der Waals surface area contributed by atoms with Crippen LogP contribution in [0.15, 0.2) is 42.5 Å². The van der Waals surface area contributed by atoms with Gasteiger partial charge in [0.1, 0.15) is 0 Å². The Labute approximate surface area is 232 Å². The maximum atomic E-state index is 13.3. The van der Waals surface area contributed by atoms with E-state index < -0.39 is 0 Å². The van der Waals surface area contributed by atoms with Gasteiger partial charge in [0.15, 0.2) is 5.69 Å². The lowest BCUT2D eigenvalue weighted by molar-refractivity contribution is -0.0133. The minimum Gasteiger partial charge on any atom is -0.349 e. The third kappa shape index (κ3) is 4.92. The van der Waals surface area contributed by atoms with E-state index in [1.807, 2.05) is 37.3 Å². The van der Waals surface area contributed by atoms with Gasteiger partial charge < -0.3 is 10.6 Å². The molecular formula is C29H31Cl3N4O. The van der Waals surface area contributed by atoms with Crippen molar-refractivity contribution in [3.63, 3.8) is 0 Å². The number of carbonyl (C=O) groups is 1. The van der Waals surface area contributed by atoms with Crippen LogP contribution in [-0.4, -0.2) is 34.8 Å². The summed E-state index contributed by atoms with van der Waals surface area (Å²) in [5, 5.41) is 13.2. The summed E-state index contributed by atoms with van der Waals surface area (Å²) in [5.74, 6) is 3.36. The molecule has 4 aliphatic carbocycles. The molecule has 1 heterocycles. The molecule has 2 aromatic carbocycles. The highest BCUT2D eigenvalue weighted by Crippen LogP contribution is 2.53. The number of nitrogens with zero attached hydrogens (tertiary/aromatic N) is 2. The lowest BCUT2D eigenvalue weighted by Gasteiger charge is -2.54. The van der Waals surface area contributed by atoms with Crippen molar-refractivity contribution < 1.29 is 4.79 Å². The van der Waals surface area contributed by atoms with Gasteiger partial charge >= 0.3 is 0 Å². The van der Waals surface area contributed by atoms with Gasteiger partial charge in [-0.3, -0.25) is 4.79 Å². The molecule has 2 N–H and O–H groups in total. The monoisotopic (exact) mass is 556 g/mol. The predicted octanol–water partition coefficient (Wildman–Crippen LogP) is 6.95. The molecule has 5 nitrogen and oxygen atoms in total. The fraction of sp³-hybridized carbons (Fsp3) is 0.448. The second-order valence-electron chi connectivity index (χ2n) is 11.0. The zero-order valence-corrected chi connectivity index (χ0v) is 23.1. The van der Waals surface area contributed by atoms with E-state index in [1.165, 1.54) is 32.1 Å². The number of hydrogen-bond donors (Lipinski definition) is 2. The minimum absolute atomic E-state index is 0.191. The van der Waals surface area contributed by atoms with Crippen molar-refractivity contribution in [3.8, 4) is 16.9 Å². The van der Waals surface area contributed by atoms with Gasteiger partial charge in [-0.15, -0.1) is 0 Å². The van der Waals surface area contributed by atoms with E-state index in [4.69, 9.17) is 39.9 Å². The van der Waals surface area contributed by atoms with Gasteiger partial charge in [0, 0.05) is 40.3 Å². The van der Waals surface area contributed by atoms with Gasteiger partial charge in [-0.1, -0.05) is 46.9 Å². The molecule has 1 aromatic heterocycles. The highest BCUT2D eigenvalue weighted by atomic mass is 35.5. The first kappa shape index (κ1) is 25.2. The molecule has 4 aliphatic rings. The highest BCUT2D eigenvalue weighted by molar-refractivity contribution is 6.35.